The van der Waals surface area contributed by atoms with Crippen molar-refractivity contribution in [1.29, 1.82) is 0 Å². The van der Waals surface area contributed by atoms with Crippen LogP contribution in [0.2, 0.25) is 0 Å². The Morgan fingerprint density at radius 1 is 1.00 bits per heavy atom. The fourth-order valence-corrected chi connectivity index (χ4v) is 2.93. The third-order valence-corrected chi connectivity index (χ3v) is 4.22. The molecule has 0 atom stereocenters. The number of anilines is 4. The second-order valence-electron chi connectivity index (χ2n) is 6.64. The minimum absolute atomic E-state index is 0.102. The van der Waals surface area contributed by atoms with Crippen molar-refractivity contribution >= 4 is 29.0 Å². The van der Waals surface area contributed by atoms with Crippen LogP contribution in [0.5, 0.6) is 11.5 Å². The molecule has 0 unspecified atom stereocenters. The summed E-state index contributed by atoms with van der Waals surface area (Å²) in [7, 11) is 0. The number of ether oxygens (including phenoxy) is 2. The zero-order valence-electron chi connectivity index (χ0n) is 16.2. The van der Waals surface area contributed by atoms with Crippen LogP contribution < -0.4 is 25.4 Å². The van der Waals surface area contributed by atoms with Gasteiger partial charge in [0.1, 0.15) is 5.82 Å². The molecule has 8 heteroatoms. The van der Waals surface area contributed by atoms with Gasteiger partial charge in [0.2, 0.25) is 18.6 Å². The fourth-order valence-electron chi connectivity index (χ4n) is 2.93. The first-order valence-corrected chi connectivity index (χ1v) is 9.18. The summed E-state index contributed by atoms with van der Waals surface area (Å²) in [4.78, 5) is 20.1. The molecule has 0 fully saturated rings. The first kappa shape index (κ1) is 18.5. The summed E-state index contributed by atoms with van der Waals surface area (Å²) in [5.41, 5.74) is 3.49. The van der Waals surface area contributed by atoms with E-state index in [1.165, 1.54) is 6.92 Å². The van der Waals surface area contributed by atoms with Gasteiger partial charge in [-0.15, -0.1) is 0 Å². The second kappa shape index (κ2) is 8.05. The summed E-state index contributed by atoms with van der Waals surface area (Å²) in [5, 5.41) is 9.24. The first-order chi connectivity index (χ1) is 14.0. The number of aryl methyl sites for hydroxylation is 1. The number of fused-ring (bicyclic) bond motifs is 1. The van der Waals surface area contributed by atoms with E-state index in [0.717, 1.165) is 34.1 Å². The zero-order chi connectivity index (χ0) is 20.2. The molecule has 1 aliphatic heterocycles. The molecular formula is C21H21N5O3. The molecule has 8 nitrogen and oxygen atoms in total. The Morgan fingerprint density at radius 2 is 1.76 bits per heavy atom. The lowest BCUT2D eigenvalue weighted by Crippen LogP contribution is -2.07. The Hall–Kier alpha value is -3.81. The highest BCUT2D eigenvalue weighted by molar-refractivity contribution is 5.88. The maximum absolute atomic E-state index is 11.1. The van der Waals surface area contributed by atoms with E-state index in [0.29, 0.717) is 18.3 Å². The molecule has 3 aromatic rings. The van der Waals surface area contributed by atoms with Crippen molar-refractivity contribution in [3.05, 3.63) is 59.8 Å². The van der Waals surface area contributed by atoms with Gasteiger partial charge in [0.15, 0.2) is 11.5 Å². The molecule has 0 aliphatic carbocycles. The predicted molar refractivity (Wildman–Crippen MR) is 111 cm³/mol. The Kier molecular flexibility index (Phi) is 5.15. The van der Waals surface area contributed by atoms with E-state index in [1.807, 2.05) is 55.5 Å². The molecule has 0 spiro atoms. The molecular weight excluding hydrogens is 370 g/mol. The van der Waals surface area contributed by atoms with E-state index in [2.05, 4.69) is 25.9 Å². The van der Waals surface area contributed by atoms with Crippen molar-refractivity contribution in [2.75, 3.05) is 22.7 Å². The van der Waals surface area contributed by atoms with Crippen molar-refractivity contribution in [1.82, 2.24) is 9.97 Å². The number of hydrogen-bond donors (Lipinski definition) is 3. The highest BCUT2D eigenvalue weighted by Crippen LogP contribution is 2.32. The fraction of sp³-hybridized carbons (Fsp3) is 0.190. The van der Waals surface area contributed by atoms with Crippen LogP contribution in [0.25, 0.3) is 0 Å². The highest BCUT2D eigenvalue weighted by atomic mass is 16.7. The van der Waals surface area contributed by atoms with Gasteiger partial charge >= 0.3 is 0 Å². The number of benzene rings is 2. The number of nitrogens with zero attached hydrogens (tertiary/aromatic N) is 2. The third-order valence-electron chi connectivity index (χ3n) is 4.22. The van der Waals surface area contributed by atoms with Crippen LogP contribution in [0.1, 0.15) is 18.2 Å². The normalized spacial score (nSPS) is 11.8. The summed E-state index contributed by atoms with van der Waals surface area (Å²) in [5.74, 6) is 2.62. The minimum atomic E-state index is -0.102. The molecule has 3 N–H and O–H groups in total. The maximum Gasteiger partial charge on any atom is 0.231 e. The SMILES string of the molecule is CC(=O)Nc1ccc(Nc2cc(C)nc(NCc3ccc4c(c3)OCO4)n2)cc1. The van der Waals surface area contributed by atoms with Crippen LogP contribution in [0.15, 0.2) is 48.5 Å². The molecule has 0 radical (unpaired) electrons. The molecule has 2 aromatic carbocycles. The number of rotatable bonds is 6. The van der Waals surface area contributed by atoms with E-state index in [4.69, 9.17) is 9.47 Å². The van der Waals surface area contributed by atoms with Gasteiger partial charge in [-0.3, -0.25) is 4.79 Å². The minimum Gasteiger partial charge on any atom is -0.454 e. The van der Waals surface area contributed by atoms with Gasteiger partial charge in [0.05, 0.1) is 0 Å². The predicted octanol–water partition coefficient (Wildman–Crippen LogP) is 3.83. The van der Waals surface area contributed by atoms with Crippen molar-refractivity contribution < 1.29 is 14.3 Å². The summed E-state index contributed by atoms with van der Waals surface area (Å²) in [6, 6.07) is 15.1. The molecule has 2 heterocycles. The lowest BCUT2D eigenvalue weighted by molar-refractivity contribution is -0.114. The van der Waals surface area contributed by atoms with E-state index in [9.17, 15) is 4.79 Å². The summed E-state index contributed by atoms with van der Waals surface area (Å²) in [6.45, 7) is 4.21. The summed E-state index contributed by atoms with van der Waals surface area (Å²) >= 11 is 0. The van der Waals surface area contributed by atoms with E-state index < -0.39 is 0 Å². The van der Waals surface area contributed by atoms with Crippen LogP contribution in [-0.4, -0.2) is 22.7 Å². The van der Waals surface area contributed by atoms with E-state index in [-0.39, 0.29) is 12.7 Å². The highest BCUT2D eigenvalue weighted by Gasteiger charge is 2.13. The molecule has 1 aliphatic rings. The zero-order valence-corrected chi connectivity index (χ0v) is 16.2. The smallest absolute Gasteiger partial charge is 0.231 e. The van der Waals surface area contributed by atoms with E-state index in [1.54, 1.807) is 0 Å². The van der Waals surface area contributed by atoms with Crippen molar-refractivity contribution in [3.63, 3.8) is 0 Å². The molecule has 4 rings (SSSR count). The van der Waals surface area contributed by atoms with Gasteiger partial charge in [-0.2, -0.15) is 4.98 Å². The van der Waals surface area contributed by atoms with Crippen LogP contribution in [0.4, 0.5) is 23.1 Å². The number of hydrogen-bond acceptors (Lipinski definition) is 7. The number of carbonyl (C=O) groups excluding carboxylic acids is 1. The van der Waals surface area contributed by atoms with Gasteiger partial charge in [-0.25, -0.2) is 4.98 Å². The van der Waals surface area contributed by atoms with Crippen molar-refractivity contribution in [2.24, 2.45) is 0 Å². The summed E-state index contributed by atoms with van der Waals surface area (Å²) in [6.07, 6.45) is 0. The first-order valence-electron chi connectivity index (χ1n) is 9.18. The van der Waals surface area contributed by atoms with Crippen molar-refractivity contribution in [3.8, 4) is 11.5 Å². The standard InChI is InChI=1S/C21H21N5O3/c1-13-9-20(25-17-6-4-16(5-7-17)24-14(2)27)26-21(23-13)22-11-15-3-8-18-19(10-15)29-12-28-18/h3-10H,11-12H2,1-2H3,(H,24,27)(H2,22,23,25,26). The monoisotopic (exact) mass is 391 g/mol. The van der Waals surface area contributed by atoms with E-state index >= 15 is 0 Å². The van der Waals surface area contributed by atoms with Gasteiger partial charge in [0, 0.05) is 36.6 Å². The molecule has 1 amide bonds. The Labute approximate surface area is 168 Å². The average Bonchev–Trinajstić information content (AvgIpc) is 3.15. The van der Waals surface area contributed by atoms with Gasteiger partial charge in [0.25, 0.3) is 0 Å². The quantitative estimate of drug-likeness (QED) is 0.587. The molecule has 0 bridgehead atoms. The maximum atomic E-state index is 11.1. The van der Waals surface area contributed by atoms with Gasteiger partial charge in [-0.1, -0.05) is 6.07 Å². The van der Waals surface area contributed by atoms with Crippen LogP contribution >= 0.6 is 0 Å². The molecule has 0 saturated carbocycles. The topological polar surface area (TPSA) is 97.4 Å². The summed E-state index contributed by atoms with van der Waals surface area (Å²) < 4.78 is 10.7. The lowest BCUT2D eigenvalue weighted by Gasteiger charge is -2.11. The van der Waals surface area contributed by atoms with Gasteiger partial charge in [-0.05, 0) is 48.9 Å². The molecule has 0 saturated heterocycles. The Balaban J connectivity index is 1.42. The van der Waals surface area contributed by atoms with Crippen molar-refractivity contribution in [2.45, 2.75) is 20.4 Å². The Bertz CT molecular complexity index is 1040. The largest absolute Gasteiger partial charge is 0.454 e. The number of aromatic nitrogens is 2. The third kappa shape index (κ3) is 4.73. The number of carbonyl (C=O) groups is 1. The van der Waals surface area contributed by atoms with Crippen LogP contribution in [0, 0.1) is 6.92 Å². The van der Waals surface area contributed by atoms with Crippen LogP contribution in [0.3, 0.4) is 0 Å². The second-order valence-corrected chi connectivity index (χ2v) is 6.64. The molecule has 148 valence electrons. The van der Waals surface area contributed by atoms with Crippen LogP contribution in [-0.2, 0) is 11.3 Å². The number of nitrogens with one attached hydrogen (secondary N) is 3. The lowest BCUT2D eigenvalue weighted by atomic mass is 10.2. The average molecular weight is 391 g/mol. The van der Waals surface area contributed by atoms with Gasteiger partial charge < -0.3 is 25.4 Å². The number of amides is 1. The molecule has 1 aromatic heterocycles. The molecule has 29 heavy (non-hydrogen) atoms. The Morgan fingerprint density at radius 3 is 2.55 bits per heavy atom.